The first-order chi connectivity index (χ1) is 15.7. The van der Waals surface area contributed by atoms with Crippen molar-refractivity contribution < 1.29 is 0 Å². The molecule has 2 N–H and O–H groups in total. The van der Waals surface area contributed by atoms with Gasteiger partial charge >= 0.3 is 0 Å². The minimum Gasteiger partial charge on any atom is -0.341 e. The number of rotatable bonds is 6. The number of aromatic nitrogens is 4. The largest absolute Gasteiger partial charge is 0.341 e. The fourth-order valence-corrected chi connectivity index (χ4v) is 4.75. The van der Waals surface area contributed by atoms with Crippen molar-refractivity contribution >= 4 is 39.3 Å². The molecule has 166 valence electrons. The van der Waals surface area contributed by atoms with Crippen molar-refractivity contribution in [2.75, 3.05) is 43.4 Å². The maximum atomic E-state index is 4.65. The van der Waals surface area contributed by atoms with Gasteiger partial charge in [0.15, 0.2) is 0 Å². The summed E-state index contributed by atoms with van der Waals surface area (Å²) in [5, 5.41) is 6.09. The molecule has 0 amide bonds. The molecule has 0 aliphatic carbocycles. The number of piperazine rings is 1. The Morgan fingerprint density at radius 3 is 2.47 bits per heavy atom. The molecular formula is C25H31N7. The zero-order valence-electron chi connectivity index (χ0n) is 19.1. The van der Waals surface area contributed by atoms with E-state index in [-0.39, 0.29) is 0 Å². The summed E-state index contributed by atoms with van der Waals surface area (Å²) < 4.78 is 0. The molecule has 7 nitrogen and oxygen atoms in total. The van der Waals surface area contributed by atoms with Gasteiger partial charge in [0.1, 0.15) is 5.82 Å². The Balaban J connectivity index is 1.50. The van der Waals surface area contributed by atoms with Crippen molar-refractivity contribution in [1.29, 1.82) is 0 Å². The third-order valence-corrected chi connectivity index (χ3v) is 6.45. The SMILES string of the molecule is CCCc1c(Nc2cnc(N3CCN(C)CC3)nc2)[nH]c2ccc3nccc3c2c1CC. The minimum absolute atomic E-state index is 0.806. The van der Waals surface area contributed by atoms with Crippen LogP contribution in [-0.2, 0) is 12.8 Å². The van der Waals surface area contributed by atoms with Crippen LogP contribution >= 0.6 is 0 Å². The molecule has 1 saturated heterocycles. The summed E-state index contributed by atoms with van der Waals surface area (Å²) >= 11 is 0. The number of nitrogens with one attached hydrogen (secondary N) is 2. The summed E-state index contributed by atoms with van der Waals surface area (Å²) in [5.74, 6) is 1.84. The maximum Gasteiger partial charge on any atom is 0.225 e. The van der Waals surface area contributed by atoms with Crippen molar-refractivity contribution in [3.63, 3.8) is 0 Å². The van der Waals surface area contributed by atoms with Gasteiger partial charge in [0.05, 0.1) is 23.6 Å². The molecule has 0 bridgehead atoms. The average molecular weight is 430 g/mol. The molecule has 1 aliphatic heterocycles. The van der Waals surface area contributed by atoms with E-state index in [4.69, 9.17) is 0 Å². The van der Waals surface area contributed by atoms with E-state index in [2.05, 4.69) is 74.1 Å². The fraction of sp³-hybridized carbons (Fsp3) is 0.400. The van der Waals surface area contributed by atoms with Crippen LogP contribution in [0.5, 0.6) is 0 Å². The Labute approximate surface area is 188 Å². The lowest BCUT2D eigenvalue weighted by molar-refractivity contribution is 0.311. The zero-order chi connectivity index (χ0) is 22.1. The lowest BCUT2D eigenvalue weighted by Crippen LogP contribution is -2.45. The molecule has 1 aromatic carbocycles. The maximum absolute atomic E-state index is 4.65. The van der Waals surface area contributed by atoms with Crippen LogP contribution in [-0.4, -0.2) is 58.1 Å². The summed E-state index contributed by atoms with van der Waals surface area (Å²) in [6.45, 7) is 8.48. The Bertz CT molecular complexity index is 1220. The van der Waals surface area contributed by atoms with E-state index in [1.807, 2.05) is 18.6 Å². The smallest absolute Gasteiger partial charge is 0.225 e. The van der Waals surface area contributed by atoms with Gasteiger partial charge < -0.3 is 20.1 Å². The number of likely N-dealkylation sites (N-methyl/N-ethyl adjacent to an activating group) is 1. The molecule has 4 heterocycles. The standard InChI is InChI=1S/C25H31N7/c1-4-6-19-18(5-2)23-20-9-10-26-21(20)7-8-22(23)30-24(19)29-17-15-27-25(28-16-17)32-13-11-31(3)12-14-32/h7-10,15-16,29-30H,4-6,11-14H2,1-3H3. The molecule has 0 unspecified atom stereocenters. The summed E-state index contributed by atoms with van der Waals surface area (Å²) in [4.78, 5) is 22.1. The average Bonchev–Trinajstić information content (AvgIpc) is 3.30. The van der Waals surface area contributed by atoms with Gasteiger partial charge in [0.25, 0.3) is 0 Å². The molecule has 3 aromatic heterocycles. The Kier molecular flexibility index (Phi) is 5.66. The van der Waals surface area contributed by atoms with Crippen LogP contribution < -0.4 is 10.2 Å². The number of benzene rings is 1. The Morgan fingerprint density at radius 1 is 0.969 bits per heavy atom. The number of H-pyrrole nitrogens is 1. The highest BCUT2D eigenvalue weighted by atomic mass is 15.3. The highest BCUT2D eigenvalue weighted by Gasteiger charge is 2.18. The summed E-state index contributed by atoms with van der Waals surface area (Å²) in [6.07, 6.45) is 8.74. The van der Waals surface area contributed by atoms with Gasteiger partial charge in [0, 0.05) is 48.7 Å². The molecular weight excluding hydrogens is 398 g/mol. The monoisotopic (exact) mass is 429 g/mol. The van der Waals surface area contributed by atoms with Gasteiger partial charge in [-0.2, -0.15) is 0 Å². The zero-order valence-corrected chi connectivity index (χ0v) is 19.1. The van der Waals surface area contributed by atoms with Gasteiger partial charge in [0.2, 0.25) is 5.95 Å². The molecule has 1 aliphatic rings. The highest BCUT2D eigenvalue weighted by Crippen LogP contribution is 2.34. The molecule has 32 heavy (non-hydrogen) atoms. The lowest BCUT2D eigenvalue weighted by Gasteiger charge is -2.32. The topological polar surface area (TPSA) is 73.0 Å². The summed E-state index contributed by atoms with van der Waals surface area (Å²) in [7, 11) is 2.16. The first-order valence-electron chi connectivity index (χ1n) is 11.6. The summed E-state index contributed by atoms with van der Waals surface area (Å²) in [5.41, 5.74) is 5.79. The number of aromatic amines is 1. The predicted molar refractivity (Wildman–Crippen MR) is 132 cm³/mol. The normalized spacial score (nSPS) is 15.0. The van der Waals surface area contributed by atoms with Crippen molar-refractivity contribution in [3.05, 3.63) is 47.9 Å². The van der Waals surface area contributed by atoms with E-state index >= 15 is 0 Å². The van der Waals surface area contributed by atoms with Crippen LogP contribution in [0.2, 0.25) is 0 Å². The molecule has 1 fully saturated rings. The van der Waals surface area contributed by atoms with Gasteiger partial charge in [-0.1, -0.05) is 20.3 Å². The van der Waals surface area contributed by atoms with Crippen LogP contribution in [0, 0.1) is 0 Å². The third kappa shape index (κ3) is 3.77. The number of anilines is 3. The number of hydrogen-bond donors (Lipinski definition) is 2. The van der Waals surface area contributed by atoms with Crippen LogP contribution in [0.3, 0.4) is 0 Å². The second-order valence-electron chi connectivity index (χ2n) is 8.61. The van der Waals surface area contributed by atoms with E-state index in [0.29, 0.717) is 0 Å². The van der Waals surface area contributed by atoms with E-state index in [1.54, 1.807) is 0 Å². The summed E-state index contributed by atoms with van der Waals surface area (Å²) in [6, 6.07) is 6.35. The van der Waals surface area contributed by atoms with Crippen molar-refractivity contribution in [2.24, 2.45) is 0 Å². The quantitative estimate of drug-likeness (QED) is 0.470. The molecule has 0 spiro atoms. The van der Waals surface area contributed by atoms with Gasteiger partial charge in [-0.25, -0.2) is 9.97 Å². The van der Waals surface area contributed by atoms with Crippen molar-refractivity contribution in [1.82, 2.24) is 24.8 Å². The lowest BCUT2D eigenvalue weighted by atomic mass is 9.95. The number of pyridine rings is 1. The van der Waals surface area contributed by atoms with Crippen LogP contribution in [0.4, 0.5) is 17.5 Å². The highest BCUT2D eigenvalue weighted by molar-refractivity contribution is 6.08. The van der Waals surface area contributed by atoms with Crippen LogP contribution in [0.25, 0.3) is 21.8 Å². The van der Waals surface area contributed by atoms with Gasteiger partial charge in [-0.3, -0.25) is 4.98 Å². The van der Waals surface area contributed by atoms with Crippen molar-refractivity contribution in [2.45, 2.75) is 33.1 Å². The van der Waals surface area contributed by atoms with Gasteiger partial charge in [-0.15, -0.1) is 0 Å². The minimum atomic E-state index is 0.806. The number of fused-ring (bicyclic) bond motifs is 3. The van der Waals surface area contributed by atoms with Crippen molar-refractivity contribution in [3.8, 4) is 0 Å². The van der Waals surface area contributed by atoms with E-state index in [1.165, 1.54) is 21.9 Å². The molecule has 0 saturated carbocycles. The number of hydrogen-bond acceptors (Lipinski definition) is 6. The van der Waals surface area contributed by atoms with E-state index < -0.39 is 0 Å². The second-order valence-corrected chi connectivity index (χ2v) is 8.61. The second kappa shape index (κ2) is 8.74. The fourth-order valence-electron chi connectivity index (χ4n) is 4.75. The number of nitrogens with zero attached hydrogens (tertiary/aromatic N) is 5. The Hall–Kier alpha value is -3.19. The molecule has 0 atom stereocenters. The van der Waals surface area contributed by atoms with Crippen LogP contribution in [0.1, 0.15) is 31.4 Å². The predicted octanol–water partition coefficient (Wildman–Crippen LogP) is 4.52. The molecule has 5 rings (SSSR count). The first-order valence-corrected chi connectivity index (χ1v) is 11.6. The molecule has 7 heteroatoms. The number of aryl methyl sites for hydroxylation is 1. The van der Waals surface area contributed by atoms with Gasteiger partial charge in [-0.05, 0) is 49.2 Å². The third-order valence-electron chi connectivity index (χ3n) is 6.45. The Morgan fingerprint density at radius 2 is 1.75 bits per heavy atom. The molecule has 4 aromatic rings. The first kappa shape index (κ1) is 20.7. The van der Waals surface area contributed by atoms with E-state index in [9.17, 15) is 0 Å². The molecule has 0 radical (unpaired) electrons. The van der Waals surface area contributed by atoms with Crippen LogP contribution in [0.15, 0.2) is 36.8 Å². The van der Waals surface area contributed by atoms with E-state index in [0.717, 1.165) is 73.9 Å².